The summed E-state index contributed by atoms with van der Waals surface area (Å²) in [4.78, 5) is 25.0. The van der Waals surface area contributed by atoms with Gasteiger partial charge in [0.05, 0.1) is 23.7 Å². The van der Waals surface area contributed by atoms with Crippen molar-refractivity contribution in [3.8, 4) is 17.2 Å². The van der Waals surface area contributed by atoms with Crippen LogP contribution in [-0.4, -0.2) is 72.0 Å². The van der Waals surface area contributed by atoms with Gasteiger partial charge in [-0.15, -0.1) is 0 Å². The lowest BCUT2D eigenvalue weighted by atomic mass is 10.0. The first-order valence-electron chi connectivity index (χ1n) is 11.0. The Bertz CT molecular complexity index is 1180. The van der Waals surface area contributed by atoms with Crippen LogP contribution in [0.3, 0.4) is 0 Å². The van der Waals surface area contributed by atoms with Crippen molar-refractivity contribution in [2.75, 3.05) is 46.9 Å². The summed E-state index contributed by atoms with van der Waals surface area (Å²) >= 11 is 0. The lowest BCUT2D eigenvalue weighted by Gasteiger charge is -2.30. The Labute approximate surface area is 196 Å². The van der Waals surface area contributed by atoms with E-state index in [1.807, 2.05) is 9.34 Å². The Hall–Kier alpha value is -2.98. The Balaban J connectivity index is 1.48. The fourth-order valence-corrected chi connectivity index (χ4v) is 6.22. The van der Waals surface area contributed by atoms with Gasteiger partial charge < -0.3 is 14.4 Å². The molecule has 12 heteroatoms. The molecule has 1 atom stereocenters. The normalized spacial score (nSPS) is 19.6. The van der Waals surface area contributed by atoms with Crippen molar-refractivity contribution >= 4 is 19.3 Å². The van der Waals surface area contributed by atoms with Gasteiger partial charge in [-0.3, -0.25) is 24.0 Å². The van der Waals surface area contributed by atoms with Gasteiger partial charge in [0.25, 0.3) is 5.91 Å². The number of nitro benzene ring substituents is 1. The molecular formula is C22H25N4O7P. The monoisotopic (exact) mass is 488 g/mol. The van der Waals surface area contributed by atoms with Gasteiger partial charge >= 0.3 is 13.4 Å². The summed E-state index contributed by atoms with van der Waals surface area (Å²) in [5.74, 6) is 0.373. The zero-order valence-electron chi connectivity index (χ0n) is 18.9. The Morgan fingerprint density at radius 2 is 1.88 bits per heavy atom. The van der Waals surface area contributed by atoms with Crippen LogP contribution in [0.25, 0.3) is 0 Å². The molecule has 3 aliphatic heterocycles. The fourth-order valence-electron chi connectivity index (χ4n) is 3.86. The van der Waals surface area contributed by atoms with Crippen molar-refractivity contribution in [3.63, 3.8) is 0 Å². The maximum Gasteiger partial charge on any atom is 0.346 e. The fraction of sp³-hybridized carbons (Fsp3) is 0.409. The molecule has 180 valence electrons. The van der Waals surface area contributed by atoms with E-state index in [1.165, 1.54) is 23.1 Å². The van der Waals surface area contributed by atoms with Crippen LogP contribution in [0.2, 0.25) is 0 Å². The number of carbonyl (C=O) groups excluding carboxylic acids is 1. The standard InChI is InChI=1S/C22H25N4O7P/c1-23(2)22(27)15-4-3-5-16(12-15)32-21-13-17-19(6-11-31-20(17)14-18(21)26(28)29)33-34(30,24-7-8-24)25-9-10-25/h3-5,12-14,19H,6-11H2,1-2H3/t19-/m0/s1. The quantitative estimate of drug-likeness (QED) is 0.238. The van der Waals surface area contributed by atoms with E-state index in [-0.39, 0.29) is 23.1 Å². The first kappa shape index (κ1) is 22.8. The number of ether oxygens (including phenoxy) is 2. The molecule has 0 aliphatic carbocycles. The van der Waals surface area contributed by atoms with E-state index in [4.69, 9.17) is 14.0 Å². The van der Waals surface area contributed by atoms with E-state index in [0.717, 1.165) is 26.2 Å². The van der Waals surface area contributed by atoms with Crippen LogP contribution in [0.5, 0.6) is 17.2 Å². The molecular weight excluding hydrogens is 463 g/mol. The maximum atomic E-state index is 13.5. The van der Waals surface area contributed by atoms with Crippen molar-refractivity contribution in [1.29, 1.82) is 0 Å². The highest BCUT2D eigenvalue weighted by Crippen LogP contribution is 2.64. The molecule has 0 bridgehead atoms. The second kappa shape index (κ2) is 8.66. The van der Waals surface area contributed by atoms with Gasteiger partial charge in [0.15, 0.2) is 0 Å². The molecule has 0 unspecified atom stereocenters. The first-order chi connectivity index (χ1) is 16.3. The minimum absolute atomic E-state index is 0.00871. The van der Waals surface area contributed by atoms with Gasteiger partial charge in [-0.05, 0) is 24.3 Å². The van der Waals surface area contributed by atoms with Gasteiger partial charge in [-0.2, -0.15) is 0 Å². The summed E-state index contributed by atoms with van der Waals surface area (Å²) in [6, 6.07) is 9.28. The van der Waals surface area contributed by atoms with Crippen molar-refractivity contribution in [3.05, 3.63) is 57.6 Å². The zero-order chi connectivity index (χ0) is 24.0. The number of amides is 1. The molecule has 5 rings (SSSR count). The van der Waals surface area contributed by atoms with Crippen LogP contribution >= 0.6 is 7.67 Å². The molecule has 0 N–H and O–H groups in total. The smallest absolute Gasteiger partial charge is 0.346 e. The average Bonchev–Trinajstić information content (AvgIpc) is 3.71. The summed E-state index contributed by atoms with van der Waals surface area (Å²) in [6.45, 7) is 3.19. The Morgan fingerprint density at radius 3 is 2.50 bits per heavy atom. The third kappa shape index (κ3) is 4.39. The SMILES string of the molecule is CN(C)C(=O)c1cccc(Oc2cc3c(cc2[N+](=O)[O-])OCC[C@@H]3OP(=O)(N2CC2)N2CC2)c1. The third-order valence-electron chi connectivity index (χ3n) is 5.81. The zero-order valence-corrected chi connectivity index (χ0v) is 19.8. The largest absolute Gasteiger partial charge is 0.493 e. The molecule has 2 fully saturated rings. The van der Waals surface area contributed by atoms with Crippen LogP contribution in [0.1, 0.15) is 28.4 Å². The molecule has 2 saturated heterocycles. The highest BCUT2D eigenvalue weighted by Gasteiger charge is 2.51. The minimum Gasteiger partial charge on any atom is -0.493 e. The number of fused-ring (bicyclic) bond motifs is 1. The summed E-state index contributed by atoms with van der Waals surface area (Å²) in [5.41, 5.74) is 0.672. The predicted molar refractivity (Wildman–Crippen MR) is 122 cm³/mol. The van der Waals surface area contributed by atoms with E-state index in [1.54, 1.807) is 32.3 Å². The molecule has 3 aliphatic rings. The summed E-state index contributed by atoms with van der Waals surface area (Å²) in [6.07, 6.45) is -0.0940. The molecule has 2 aromatic carbocycles. The lowest BCUT2D eigenvalue weighted by Crippen LogP contribution is -2.21. The topological polar surface area (TPSA) is 114 Å². The minimum atomic E-state index is -3.11. The number of hydrogen-bond donors (Lipinski definition) is 0. The summed E-state index contributed by atoms with van der Waals surface area (Å²) < 4.78 is 35.0. The van der Waals surface area contributed by atoms with Crippen molar-refractivity contribution < 1.29 is 28.3 Å². The molecule has 3 heterocycles. The molecule has 11 nitrogen and oxygen atoms in total. The van der Waals surface area contributed by atoms with Gasteiger partial charge in [0.1, 0.15) is 11.5 Å². The van der Waals surface area contributed by atoms with E-state index in [9.17, 15) is 19.5 Å². The van der Waals surface area contributed by atoms with Gasteiger partial charge in [-0.1, -0.05) is 6.07 Å². The van der Waals surface area contributed by atoms with Crippen LogP contribution in [-0.2, 0) is 9.09 Å². The van der Waals surface area contributed by atoms with Crippen LogP contribution in [0.15, 0.2) is 36.4 Å². The highest BCUT2D eigenvalue weighted by atomic mass is 31.2. The van der Waals surface area contributed by atoms with Crippen molar-refractivity contribution in [2.45, 2.75) is 12.5 Å². The molecule has 0 spiro atoms. The second-order valence-electron chi connectivity index (χ2n) is 8.57. The van der Waals surface area contributed by atoms with Crippen molar-refractivity contribution in [2.24, 2.45) is 0 Å². The third-order valence-corrected chi connectivity index (χ3v) is 8.57. The molecule has 0 saturated carbocycles. The molecule has 0 aromatic heterocycles. The van der Waals surface area contributed by atoms with Gasteiger partial charge in [-0.25, -0.2) is 9.34 Å². The van der Waals surface area contributed by atoms with E-state index in [2.05, 4.69) is 0 Å². The summed E-state index contributed by atoms with van der Waals surface area (Å²) in [5, 5.41) is 11.8. The molecule has 34 heavy (non-hydrogen) atoms. The van der Waals surface area contributed by atoms with E-state index in [0.29, 0.717) is 29.9 Å². The van der Waals surface area contributed by atoms with Gasteiger partial charge in [0, 0.05) is 57.8 Å². The number of nitro groups is 1. The number of rotatable bonds is 8. The molecule has 2 aromatic rings. The number of nitrogens with zero attached hydrogens (tertiary/aromatic N) is 4. The number of carbonyl (C=O) groups is 1. The second-order valence-corrected chi connectivity index (χ2v) is 10.9. The van der Waals surface area contributed by atoms with Gasteiger partial charge in [0.2, 0.25) is 5.75 Å². The molecule has 1 amide bonds. The lowest BCUT2D eigenvalue weighted by molar-refractivity contribution is -0.385. The number of hydrogen-bond acceptors (Lipinski definition) is 7. The van der Waals surface area contributed by atoms with E-state index < -0.39 is 18.7 Å². The van der Waals surface area contributed by atoms with E-state index >= 15 is 0 Å². The van der Waals surface area contributed by atoms with Crippen LogP contribution in [0, 0.1) is 10.1 Å². The van der Waals surface area contributed by atoms with Crippen LogP contribution in [0.4, 0.5) is 5.69 Å². The maximum absolute atomic E-state index is 13.5. The molecule has 0 radical (unpaired) electrons. The highest BCUT2D eigenvalue weighted by molar-refractivity contribution is 7.54. The average molecular weight is 488 g/mol. The van der Waals surface area contributed by atoms with Crippen molar-refractivity contribution in [1.82, 2.24) is 14.2 Å². The summed E-state index contributed by atoms with van der Waals surface area (Å²) in [7, 11) is 0.166. The Morgan fingerprint density at radius 1 is 1.18 bits per heavy atom. The Kier molecular flexibility index (Phi) is 5.81. The number of benzene rings is 2. The first-order valence-corrected chi connectivity index (χ1v) is 12.5. The van der Waals surface area contributed by atoms with Crippen LogP contribution < -0.4 is 9.47 Å². The predicted octanol–water partition coefficient (Wildman–Crippen LogP) is 3.67.